The number of carboxylic acids is 1. The van der Waals surface area contributed by atoms with E-state index in [0.29, 0.717) is 29.1 Å². The second kappa shape index (κ2) is 28.7. The third-order valence-corrected chi connectivity index (χ3v) is 11.2. The Morgan fingerprint density at radius 1 is 0.935 bits per heavy atom. The predicted molar refractivity (Wildman–Crippen MR) is 226 cm³/mol. The molecule has 2 unspecified atom stereocenters. The number of aliphatic carboxylic acids is 1. The number of amides is 4. The zero-order chi connectivity index (χ0) is 46.1. The maximum absolute atomic E-state index is 15.3. The zero-order valence-corrected chi connectivity index (χ0v) is 37.0. The van der Waals surface area contributed by atoms with Gasteiger partial charge in [-0.2, -0.15) is 8.78 Å². The lowest BCUT2D eigenvalue weighted by atomic mass is 10.1. The number of thiophene rings is 1. The molecule has 0 bridgehead atoms. The quantitative estimate of drug-likeness (QED) is 0.0540. The molecule has 2 atom stereocenters. The molecule has 2 aliphatic rings. The van der Waals surface area contributed by atoms with Gasteiger partial charge in [0.2, 0.25) is 25.0 Å². The van der Waals surface area contributed by atoms with Crippen LogP contribution in [0.15, 0.2) is 54.6 Å². The average Bonchev–Trinajstić information content (AvgIpc) is 3.90. The second-order valence-corrected chi connectivity index (χ2v) is 15.8. The number of primary amides is 1. The van der Waals surface area contributed by atoms with Gasteiger partial charge >= 0.3 is 11.8 Å². The molecular formula is C40H55F2N4O14PS. The Morgan fingerprint density at radius 3 is 2.23 bits per heavy atom. The van der Waals surface area contributed by atoms with Crippen molar-refractivity contribution in [2.45, 2.75) is 51.2 Å². The monoisotopic (exact) mass is 916 g/mol. The highest BCUT2D eigenvalue weighted by atomic mass is 32.1. The van der Waals surface area contributed by atoms with Crippen LogP contribution >= 0.6 is 19.7 Å². The van der Waals surface area contributed by atoms with E-state index in [1.54, 1.807) is 18.9 Å². The fourth-order valence-electron chi connectivity index (χ4n) is 5.61. The molecule has 0 spiro atoms. The third kappa shape index (κ3) is 19.0. The first-order valence-electron chi connectivity index (χ1n) is 19.2. The van der Waals surface area contributed by atoms with Crippen LogP contribution in [-0.2, 0) is 57.6 Å². The molecule has 0 aliphatic carbocycles. The molecular weight excluding hydrogens is 861 g/mol. The number of methoxy groups -OCH3 is 2. The second-order valence-electron chi connectivity index (χ2n) is 13.2. The van der Waals surface area contributed by atoms with Gasteiger partial charge < -0.3 is 53.7 Å². The van der Waals surface area contributed by atoms with Gasteiger partial charge in [0, 0.05) is 83.2 Å². The van der Waals surface area contributed by atoms with Gasteiger partial charge in [0.1, 0.15) is 6.61 Å². The van der Waals surface area contributed by atoms with E-state index >= 15 is 8.78 Å². The Bertz CT molecular complexity index is 1860. The number of hydrogen-bond acceptors (Lipinski definition) is 14. The van der Waals surface area contributed by atoms with Crippen molar-refractivity contribution >= 4 is 71.7 Å². The van der Waals surface area contributed by atoms with Gasteiger partial charge in [0.25, 0.3) is 20.3 Å². The van der Waals surface area contributed by atoms with Crippen molar-refractivity contribution in [2.75, 3.05) is 85.8 Å². The van der Waals surface area contributed by atoms with Crippen molar-refractivity contribution in [2.24, 2.45) is 5.73 Å². The van der Waals surface area contributed by atoms with E-state index in [-0.39, 0.29) is 43.1 Å². The van der Waals surface area contributed by atoms with E-state index in [1.807, 2.05) is 35.2 Å². The van der Waals surface area contributed by atoms with Crippen molar-refractivity contribution in [3.63, 3.8) is 0 Å². The van der Waals surface area contributed by atoms with Crippen molar-refractivity contribution in [3.05, 3.63) is 65.0 Å². The summed E-state index contributed by atoms with van der Waals surface area (Å²) >= 11 is 1.09. The summed E-state index contributed by atoms with van der Waals surface area (Å²) in [5.41, 5.74) is 2.14. The van der Waals surface area contributed by atoms with Crippen molar-refractivity contribution in [3.8, 4) is 0 Å². The summed E-state index contributed by atoms with van der Waals surface area (Å²) < 4.78 is 65.3. The molecule has 4 amide bonds. The lowest BCUT2D eigenvalue weighted by Crippen LogP contribution is -2.44. The topological polar surface area (TPSA) is 223 Å². The van der Waals surface area contributed by atoms with Crippen molar-refractivity contribution in [1.29, 1.82) is 0 Å². The summed E-state index contributed by atoms with van der Waals surface area (Å²) in [5, 5.41) is 7.83. The Kier molecular flexibility index (Phi) is 24.6. The van der Waals surface area contributed by atoms with Gasteiger partial charge in [0.15, 0.2) is 6.79 Å². The minimum atomic E-state index is -3.62. The molecule has 22 heteroatoms. The molecule has 0 radical (unpaired) electrons. The SMILES string of the molecule is CC(=O)N1CCC(=O)N2CCCC2CC1.CC(=O)O.CN(C=O)c1ccccc1.COCCOCOP(OCOC(=O)OCCOC)C(F)(F)c1ccc2sc(C(N)=O)cc2c1. The summed E-state index contributed by atoms with van der Waals surface area (Å²) in [7, 11) is 1.65. The lowest BCUT2D eigenvalue weighted by molar-refractivity contribution is -0.136. The molecule has 2 saturated heterocycles. The largest absolute Gasteiger partial charge is 0.510 e. The molecule has 2 aromatic carbocycles. The normalized spacial score (nSPS) is 15.1. The van der Waals surface area contributed by atoms with Crippen LogP contribution in [0.25, 0.3) is 10.1 Å². The number of carbonyl (C=O) groups excluding carboxylic acids is 5. The number of rotatable bonds is 17. The predicted octanol–water partition coefficient (Wildman–Crippen LogP) is 5.76. The molecule has 3 N–H and O–H groups in total. The maximum atomic E-state index is 15.3. The van der Waals surface area contributed by atoms with Gasteiger partial charge in [-0.05, 0) is 55.0 Å². The van der Waals surface area contributed by atoms with E-state index in [9.17, 15) is 24.0 Å². The third-order valence-electron chi connectivity index (χ3n) is 8.67. The molecule has 344 valence electrons. The van der Waals surface area contributed by atoms with E-state index in [0.717, 1.165) is 62.7 Å². The molecule has 2 fully saturated rings. The number of carboxylic acid groups (broad SMARTS) is 1. The van der Waals surface area contributed by atoms with Crippen LogP contribution in [-0.4, -0.2) is 138 Å². The number of para-hydroxylation sites is 1. The molecule has 3 heterocycles. The van der Waals surface area contributed by atoms with Crippen LogP contribution < -0.4 is 10.6 Å². The highest BCUT2D eigenvalue weighted by Gasteiger charge is 2.46. The van der Waals surface area contributed by atoms with Crippen LogP contribution in [0.3, 0.4) is 0 Å². The van der Waals surface area contributed by atoms with Gasteiger partial charge in [-0.3, -0.25) is 28.5 Å². The first-order chi connectivity index (χ1) is 29.5. The Hall–Kier alpha value is -4.89. The highest BCUT2D eigenvalue weighted by Crippen LogP contribution is 2.60. The van der Waals surface area contributed by atoms with Crippen LogP contribution in [0.2, 0.25) is 0 Å². The number of halogens is 2. The summed E-state index contributed by atoms with van der Waals surface area (Å²) in [6, 6.07) is 15.2. The summed E-state index contributed by atoms with van der Waals surface area (Å²) in [6.45, 7) is 4.08. The van der Waals surface area contributed by atoms with E-state index in [2.05, 4.69) is 9.47 Å². The smallest absolute Gasteiger partial charge is 0.481 e. The zero-order valence-electron chi connectivity index (χ0n) is 35.3. The van der Waals surface area contributed by atoms with E-state index in [4.69, 9.17) is 38.9 Å². The molecule has 0 saturated carbocycles. The number of nitrogens with zero attached hydrogens (tertiary/aromatic N) is 3. The number of carbonyl (C=O) groups is 6. The number of nitrogens with two attached hydrogens (primary N) is 1. The van der Waals surface area contributed by atoms with Gasteiger partial charge in [-0.25, -0.2) is 4.79 Å². The summed E-state index contributed by atoms with van der Waals surface area (Å²) in [6.07, 6.45) is 3.35. The molecule has 1 aromatic heterocycles. The first kappa shape index (κ1) is 53.2. The highest BCUT2D eigenvalue weighted by molar-refractivity contribution is 7.48. The van der Waals surface area contributed by atoms with Gasteiger partial charge in [-0.1, -0.05) is 24.3 Å². The number of fused-ring (bicyclic) bond motifs is 2. The van der Waals surface area contributed by atoms with Crippen LogP contribution in [0.1, 0.15) is 54.8 Å². The number of ether oxygens (including phenoxy) is 5. The molecule has 2 aliphatic heterocycles. The van der Waals surface area contributed by atoms with E-state index in [1.165, 1.54) is 43.4 Å². The lowest BCUT2D eigenvalue weighted by Gasteiger charge is -2.31. The fraction of sp³-hybridized carbons (Fsp3) is 0.500. The van der Waals surface area contributed by atoms with Gasteiger partial charge in [0.05, 0.1) is 24.7 Å². The maximum Gasteiger partial charge on any atom is 0.510 e. The minimum Gasteiger partial charge on any atom is -0.481 e. The number of anilines is 1. The number of benzene rings is 2. The molecule has 5 rings (SSSR count). The summed E-state index contributed by atoms with van der Waals surface area (Å²) in [5.74, 6) is -1.17. The Labute approximate surface area is 363 Å². The molecule has 62 heavy (non-hydrogen) atoms. The van der Waals surface area contributed by atoms with Crippen LogP contribution in [0.5, 0.6) is 0 Å². The summed E-state index contributed by atoms with van der Waals surface area (Å²) in [4.78, 5) is 70.7. The van der Waals surface area contributed by atoms with E-state index < -0.39 is 51.2 Å². The molecule has 18 nitrogen and oxygen atoms in total. The minimum absolute atomic E-state index is 0.0714. The fourth-order valence-corrected chi connectivity index (χ4v) is 7.57. The standard InChI is InChI=1S/C19H24F2NO9PS.C11H18N2O2.C8H9NO.C2H4O2/c1-25-5-7-27-11-30-32(31-12-29-18(24)28-8-6-26-2)19(20,21)14-3-4-15-13(9-14)10-16(33-15)17(22)23;1-9(14)12-7-4-10-3-2-6-13(10)11(15)5-8-12;1-9(7-10)8-5-3-2-4-6-8;1-2(3)4/h3-4,9-10H,5-8,11-12H2,1-2H3,(H2,22,23);10H,2-8H2,1H3;2-7H,1H3;1H3,(H,3,4). The van der Waals surface area contributed by atoms with Crippen LogP contribution in [0.4, 0.5) is 19.3 Å². The van der Waals surface area contributed by atoms with Crippen LogP contribution in [0, 0.1) is 0 Å². The first-order valence-corrected chi connectivity index (χ1v) is 21.2. The molecule has 3 aromatic rings. The van der Waals surface area contributed by atoms with Crippen molar-refractivity contribution < 1.29 is 75.4 Å². The Balaban J connectivity index is 0.000000369. The van der Waals surface area contributed by atoms with Gasteiger partial charge in [-0.15, -0.1) is 11.3 Å². The number of alkyl halides is 2. The number of hydrogen-bond donors (Lipinski definition) is 2. The van der Waals surface area contributed by atoms with Crippen molar-refractivity contribution in [1.82, 2.24) is 9.80 Å². The average molecular weight is 917 g/mol. The Morgan fingerprint density at radius 2 is 1.60 bits per heavy atom.